The summed E-state index contributed by atoms with van der Waals surface area (Å²) in [6.07, 6.45) is 0. The van der Waals surface area contributed by atoms with Gasteiger partial charge in [-0.25, -0.2) is 9.18 Å². The number of amides is 1. The number of hydrogen-bond donors (Lipinski definition) is 3. The van der Waals surface area contributed by atoms with Crippen LogP contribution in [0.4, 0.5) is 10.1 Å². The maximum absolute atomic E-state index is 12.9. The summed E-state index contributed by atoms with van der Waals surface area (Å²) in [7, 11) is 0. The Hall–Kier alpha value is -3.60. The van der Waals surface area contributed by atoms with Crippen LogP contribution >= 0.6 is 11.8 Å². The lowest BCUT2D eigenvalue weighted by Gasteiger charge is -2.09. The number of fused-ring (bicyclic) bond motifs is 1. The molecule has 0 spiro atoms. The Labute approximate surface area is 173 Å². The molecule has 0 fully saturated rings. The highest BCUT2D eigenvalue weighted by atomic mass is 32.2. The maximum atomic E-state index is 12.9. The average Bonchev–Trinajstić information content (AvgIpc) is 3.32. The molecule has 154 valence electrons. The predicted octanol–water partition coefficient (Wildman–Crippen LogP) is 3.08. The van der Waals surface area contributed by atoms with E-state index >= 15 is 0 Å². The summed E-state index contributed by atoms with van der Waals surface area (Å²) >= 11 is 1.10. The minimum Gasteiger partial charge on any atom is -0.484 e. The summed E-state index contributed by atoms with van der Waals surface area (Å²) in [6, 6.07) is 10.6. The molecule has 0 bridgehead atoms. The third kappa shape index (κ3) is 4.69. The van der Waals surface area contributed by atoms with Gasteiger partial charge < -0.3 is 24.4 Å². The van der Waals surface area contributed by atoms with Gasteiger partial charge in [-0.2, -0.15) is 0 Å². The van der Waals surface area contributed by atoms with Gasteiger partial charge in [0, 0.05) is 5.69 Å². The second kappa shape index (κ2) is 8.41. The SMILES string of the molecule is CC(Sc1nnc(COc2ccc(F)cc2)o1)C(=O)Nc1ccc2[nH]c(=O)[nH]c2c1. The second-order valence-electron chi connectivity index (χ2n) is 6.29. The number of imidazole rings is 1. The van der Waals surface area contributed by atoms with Gasteiger partial charge in [-0.3, -0.25) is 4.79 Å². The van der Waals surface area contributed by atoms with Gasteiger partial charge in [0.05, 0.1) is 16.3 Å². The molecule has 0 aliphatic rings. The molecule has 4 rings (SSSR count). The highest BCUT2D eigenvalue weighted by Crippen LogP contribution is 2.24. The third-order valence-electron chi connectivity index (χ3n) is 4.05. The van der Waals surface area contributed by atoms with Crippen molar-refractivity contribution >= 4 is 34.4 Å². The Bertz CT molecular complexity index is 1230. The van der Waals surface area contributed by atoms with E-state index in [2.05, 4.69) is 25.5 Å². The molecule has 2 heterocycles. The predicted molar refractivity (Wildman–Crippen MR) is 108 cm³/mol. The van der Waals surface area contributed by atoms with Crippen LogP contribution in [0.15, 0.2) is 56.9 Å². The number of halogens is 1. The fraction of sp³-hybridized carbons (Fsp3) is 0.158. The lowest BCUT2D eigenvalue weighted by atomic mass is 10.2. The number of aromatic amines is 2. The second-order valence-corrected chi connectivity index (χ2v) is 7.59. The molecule has 0 saturated heterocycles. The molecule has 0 aliphatic heterocycles. The number of ether oxygens (including phenoxy) is 1. The van der Waals surface area contributed by atoms with E-state index in [1.165, 1.54) is 24.3 Å². The minimum atomic E-state index is -0.516. The fourth-order valence-corrected chi connectivity index (χ4v) is 3.28. The summed E-state index contributed by atoms with van der Waals surface area (Å²) < 4.78 is 23.8. The topological polar surface area (TPSA) is 126 Å². The molecule has 2 aromatic carbocycles. The molecule has 11 heteroatoms. The highest BCUT2D eigenvalue weighted by Gasteiger charge is 2.19. The fourth-order valence-electron chi connectivity index (χ4n) is 2.58. The van der Waals surface area contributed by atoms with Crippen molar-refractivity contribution in [2.24, 2.45) is 0 Å². The maximum Gasteiger partial charge on any atom is 0.323 e. The highest BCUT2D eigenvalue weighted by molar-refractivity contribution is 8.00. The van der Waals surface area contributed by atoms with E-state index in [1.54, 1.807) is 25.1 Å². The van der Waals surface area contributed by atoms with Crippen LogP contribution in [0.25, 0.3) is 11.0 Å². The molecule has 9 nitrogen and oxygen atoms in total. The summed E-state index contributed by atoms with van der Waals surface area (Å²) in [5, 5.41) is 10.3. The monoisotopic (exact) mass is 429 g/mol. The number of nitrogens with zero attached hydrogens (tertiary/aromatic N) is 2. The van der Waals surface area contributed by atoms with E-state index in [9.17, 15) is 14.0 Å². The Balaban J connectivity index is 1.32. The number of benzene rings is 2. The van der Waals surface area contributed by atoms with E-state index in [4.69, 9.17) is 9.15 Å². The van der Waals surface area contributed by atoms with Gasteiger partial charge in [0.25, 0.3) is 11.1 Å². The first-order chi connectivity index (χ1) is 14.5. The van der Waals surface area contributed by atoms with Crippen LogP contribution in [0, 0.1) is 5.82 Å². The zero-order valence-electron chi connectivity index (χ0n) is 15.6. The summed E-state index contributed by atoms with van der Waals surface area (Å²) in [5.74, 6) is 0.0838. The van der Waals surface area contributed by atoms with Crippen molar-refractivity contribution in [3.05, 3.63) is 64.7 Å². The minimum absolute atomic E-state index is 0.0225. The van der Waals surface area contributed by atoms with E-state index in [1.807, 2.05) is 0 Å². The Morgan fingerprint density at radius 3 is 2.77 bits per heavy atom. The standard InChI is InChI=1S/C19H16FN5O4S/c1-10(17(26)21-12-4-7-14-15(8-12)23-18(27)22-14)30-19-25-24-16(29-19)9-28-13-5-2-11(20)3-6-13/h2-8,10H,9H2,1H3,(H,21,26)(H2,22,23,27). The zero-order valence-corrected chi connectivity index (χ0v) is 16.5. The lowest BCUT2D eigenvalue weighted by Crippen LogP contribution is -2.22. The Morgan fingerprint density at radius 1 is 1.20 bits per heavy atom. The van der Waals surface area contributed by atoms with E-state index in [0.717, 1.165) is 11.8 Å². The summed E-state index contributed by atoms with van der Waals surface area (Å²) in [4.78, 5) is 29.1. The number of nitrogens with one attached hydrogen (secondary N) is 3. The van der Waals surface area contributed by atoms with Crippen molar-refractivity contribution in [2.45, 2.75) is 24.0 Å². The van der Waals surface area contributed by atoms with Crippen LogP contribution in [0.5, 0.6) is 5.75 Å². The van der Waals surface area contributed by atoms with Gasteiger partial charge in [0.2, 0.25) is 5.91 Å². The number of anilines is 1. The molecular weight excluding hydrogens is 413 g/mol. The van der Waals surface area contributed by atoms with Crippen LogP contribution in [0.1, 0.15) is 12.8 Å². The summed E-state index contributed by atoms with van der Waals surface area (Å²) in [6.45, 7) is 1.73. The first-order valence-electron chi connectivity index (χ1n) is 8.86. The van der Waals surface area contributed by atoms with Gasteiger partial charge in [-0.15, -0.1) is 10.2 Å². The summed E-state index contributed by atoms with van der Waals surface area (Å²) in [5.41, 5.74) is 1.49. The first kappa shape index (κ1) is 19.7. The van der Waals surface area contributed by atoms with Crippen molar-refractivity contribution in [3.63, 3.8) is 0 Å². The number of H-pyrrole nitrogens is 2. The van der Waals surface area contributed by atoms with Crippen LogP contribution in [0.3, 0.4) is 0 Å². The smallest absolute Gasteiger partial charge is 0.323 e. The molecule has 3 N–H and O–H groups in total. The number of carbonyl (C=O) groups is 1. The van der Waals surface area contributed by atoms with E-state index in [0.29, 0.717) is 22.5 Å². The van der Waals surface area contributed by atoms with Gasteiger partial charge in [-0.1, -0.05) is 11.8 Å². The first-order valence-corrected chi connectivity index (χ1v) is 9.74. The van der Waals surface area contributed by atoms with Gasteiger partial charge in [0.1, 0.15) is 11.6 Å². The van der Waals surface area contributed by atoms with Crippen molar-refractivity contribution < 1.29 is 18.3 Å². The number of carbonyl (C=O) groups excluding carboxylic acids is 1. The van der Waals surface area contributed by atoms with Crippen molar-refractivity contribution in [2.75, 3.05) is 5.32 Å². The van der Waals surface area contributed by atoms with E-state index in [-0.39, 0.29) is 35.1 Å². The molecule has 1 unspecified atom stereocenters. The van der Waals surface area contributed by atoms with Crippen LogP contribution < -0.4 is 15.7 Å². The molecule has 0 saturated carbocycles. The normalized spacial score (nSPS) is 12.1. The molecule has 4 aromatic rings. The average molecular weight is 429 g/mol. The quantitative estimate of drug-likeness (QED) is 0.385. The van der Waals surface area contributed by atoms with Gasteiger partial charge in [-0.05, 0) is 49.4 Å². The van der Waals surface area contributed by atoms with E-state index < -0.39 is 5.25 Å². The van der Waals surface area contributed by atoms with Gasteiger partial charge >= 0.3 is 5.69 Å². The molecule has 1 atom stereocenters. The van der Waals surface area contributed by atoms with Crippen molar-refractivity contribution in [1.29, 1.82) is 0 Å². The number of aromatic nitrogens is 4. The Kier molecular flexibility index (Phi) is 5.53. The van der Waals surface area contributed by atoms with Crippen molar-refractivity contribution in [1.82, 2.24) is 20.2 Å². The van der Waals surface area contributed by atoms with Crippen molar-refractivity contribution in [3.8, 4) is 5.75 Å². The number of rotatable bonds is 7. The molecule has 0 aliphatic carbocycles. The largest absolute Gasteiger partial charge is 0.484 e. The number of thioether (sulfide) groups is 1. The van der Waals surface area contributed by atoms with Gasteiger partial charge in [0.15, 0.2) is 6.61 Å². The molecular formula is C19H16FN5O4S. The Morgan fingerprint density at radius 2 is 1.97 bits per heavy atom. The molecule has 0 radical (unpaired) electrons. The molecule has 1 amide bonds. The number of hydrogen-bond acceptors (Lipinski definition) is 7. The zero-order chi connectivity index (χ0) is 21.1. The van der Waals surface area contributed by atoms with Crippen LogP contribution in [0.2, 0.25) is 0 Å². The third-order valence-corrected chi connectivity index (χ3v) is 4.99. The molecule has 2 aromatic heterocycles. The van der Waals surface area contributed by atoms with Crippen LogP contribution in [-0.2, 0) is 11.4 Å². The molecule has 30 heavy (non-hydrogen) atoms. The van der Waals surface area contributed by atoms with Crippen LogP contribution in [-0.4, -0.2) is 31.3 Å². The lowest BCUT2D eigenvalue weighted by molar-refractivity contribution is -0.115.